The van der Waals surface area contributed by atoms with Crippen molar-refractivity contribution in [2.75, 3.05) is 19.8 Å². The molecule has 3 saturated heterocycles. The van der Waals surface area contributed by atoms with Crippen LogP contribution in [0.1, 0.15) is 43.8 Å². The Morgan fingerprint density at radius 1 is 0.632 bits per heavy atom. The van der Waals surface area contributed by atoms with E-state index in [9.17, 15) is 9.59 Å². The first-order chi connectivity index (χ1) is 36.4. The van der Waals surface area contributed by atoms with Gasteiger partial charge in [0.05, 0.1) is 33.0 Å². The van der Waals surface area contributed by atoms with E-state index >= 15 is 0 Å². The lowest BCUT2D eigenvalue weighted by molar-refractivity contribution is -0.368. The van der Waals surface area contributed by atoms with Crippen LogP contribution in [0.25, 0.3) is 0 Å². The van der Waals surface area contributed by atoms with Crippen LogP contribution in [0.5, 0.6) is 0 Å². The van der Waals surface area contributed by atoms with Crippen molar-refractivity contribution in [3.05, 3.63) is 181 Å². The fourth-order valence-corrected chi connectivity index (χ4v) is 14.7. The minimum absolute atomic E-state index is 0.00132. The van der Waals surface area contributed by atoms with Gasteiger partial charge in [0.1, 0.15) is 48.7 Å². The standard InChI is InChI=1S/C56H60Cl6N2O11Si/c1-5-31-68-47-43(63-52(65)55(57,58)59)50(71-42-35-70-49(73-46(42)47)38-25-15-8-16-26-38)74-45-41(34-67-32-36-21-11-6-12-22-36)72-51(44(64-53(66)56(60,61)62)48(45)69-33-37-23-13-7-14-24-37)75-76(54(2,3)4,39-27-17-9-18-28-39)40-29-19-10-20-30-40/h5-30,41-51H,1,31-35H2,2-4H3,(H,63,65)(H,64,66)/t41-,42-,43-,44-,45-,46+,47-,48-,49+,50+,51+/m1/s1. The topological polar surface area (TPSA) is 141 Å². The van der Waals surface area contributed by atoms with Gasteiger partial charge in [-0.15, -0.1) is 6.58 Å². The molecule has 13 nitrogen and oxygen atoms in total. The Balaban J connectivity index is 1.28. The summed E-state index contributed by atoms with van der Waals surface area (Å²) in [6, 6.07) is 45.6. The molecule has 0 spiro atoms. The van der Waals surface area contributed by atoms with E-state index in [4.69, 9.17) is 112 Å². The Labute approximate surface area is 474 Å². The molecule has 0 radical (unpaired) electrons. The van der Waals surface area contributed by atoms with Crippen molar-refractivity contribution < 1.29 is 51.9 Å². The van der Waals surface area contributed by atoms with E-state index in [0.29, 0.717) is 0 Å². The smallest absolute Gasteiger partial charge is 0.272 e. The Kier molecular flexibility index (Phi) is 20.1. The van der Waals surface area contributed by atoms with Gasteiger partial charge in [0.15, 0.2) is 18.9 Å². The Morgan fingerprint density at radius 3 is 1.64 bits per heavy atom. The number of fused-ring (bicyclic) bond motifs is 1. The van der Waals surface area contributed by atoms with Crippen LogP contribution in [0.2, 0.25) is 5.04 Å². The molecule has 20 heteroatoms. The highest BCUT2D eigenvalue weighted by Crippen LogP contribution is 2.43. The summed E-state index contributed by atoms with van der Waals surface area (Å²) in [4.78, 5) is 28.2. The average molecular weight is 1180 g/mol. The van der Waals surface area contributed by atoms with E-state index in [1.807, 2.05) is 152 Å². The number of nitrogens with one attached hydrogen (secondary N) is 2. The summed E-state index contributed by atoms with van der Waals surface area (Å²) in [5.74, 6) is -2.01. The molecular formula is C56H60Cl6N2O11Si. The van der Waals surface area contributed by atoms with Gasteiger partial charge in [0.25, 0.3) is 27.7 Å². The Bertz CT molecular complexity index is 2600. The number of rotatable bonds is 19. The number of ether oxygens (including phenoxy) is 8. The van der Waals surface area contributed by atoms with Gasteiger partial charge in [-0.1, -0.05) is 248 Å². The molecule has 0 bridgehead atoms. The second-order valence-corrected chi connectivity index (χ2v) is 28.3. The molecule has 3 fully saturated rings. The number of carbonyl (C=O) groups excluding carboxylic acids is 2. The summed E-state index contributed by atoms with van der Waals surface area (Å²) in [7, 11) is -3.56. The summed E-state index contributed by atoms with van der Waals surface area (Å²) in [5.41, 5.74) is 2.38. The van der Waals surface area contributed by atoms with E-state index in [1.54, 1.807) is 6.08 Å². The number of amides is 2. The van der Waals surface area contributed by atoms with Gasteiger partial charge in [-0.2, -0.15) is 0 Å². The van der Waals surface area contributed by atoms with Crippen LogP contribution in [0.4, 0.5) is 0 Å². The molecule has 406 valence electrons. The number of alkyl halides is 6. The molecule has 0 saturated carbocycles. The van der Waals surface area contributed by atoms with Gasteiger partial charge in [0.2, 0.25) is 0 Å². The molecule has 3 aliphatic rings. The third-order valence-electron chi connectivity index (χ3n) is 13.3. The quantitative estimate of drug-likeness (QED) is 0.0464. The van der Waals surface area contributed by atoms with Crippen molar-refractivity contribution in [3.8, 4) is 0 Å². The molecule has 11 atom stereocenters. The lowest BCUT2D eigenvalue weighted by Gasteiger charge is -2.53. The monoisotopic (exact) mass is 1170 g/mol. The molecule has 5 aromatic carbocycles. The molecular weight excluding hydrogens is 1120 g/mol. The van der Waals surface area contributed by atoms with Crippen LogP contribution in [-0.2, 0) is 65.1 Å². The maximum atomic E-state index is 14.3. The molecule has 3 aliphatic heterocycles. The molecule has 2 N–H and O–H groups in total. The molecule has 0 unspecified atom stereocenters. The molecule has 8 rings (SSSR count). The number of benzene rings is 5. The average Bonchev–Trinajstić information content (AvgIpc) is 3.41. The number of halogens is 6. The summed E-state index contributed by atoms with van der Waals surface area (Å²) >= 11 is 38.0. The summed E-state index contributed by atoms with van der Waals surface area (Å²) in [5, 5.41) is 7.02. The van der Waals surface area contributed by atoms with Crippen LogP contribution in [0.15, 0.2) is 164 Å². The highest BCUT2D eigenvalue weighted by atomic mass is 35.6. The highest BCUT2D eigenvalue weighted by molar-refractivity contribution is 6.99. The van der Waals surface area contributed by atoms with Gasteiger partial charge in [0, 0.05) is 5.56 Å². The Hall–Kier alpha value is -3.62. The number of hydrogen-bond acceptors (Lipinski definition) is 11. The van der Waals surface area contributed by atoms with Crippen molar-refractivity contribution in [2.24, 2.45) is 0 Å². The normalized spacial score (nSPS) is 26.2. The first-order valence-electron chi connectivity index (χ1n) is 24.7. The van der Waals surface area contributed by atoms with E-state index < -0.39 is 100 Å². The van der Waals surface area contributed by atoms with Crippen LogP contribution in [0.3, 0.4) is 0 Å². The Morgan fingerprint density at radius 2 is 1.13 bits per heavy atom. The predicted octanol–water partition coefficient (Wildman–Crippen LogP) is 9.60. The fourth-order valence-electron chi connectivity index (χ4n) is 9.77. The lowest BCUT2D eigenvalue weighted by Crippen LogP contribution is -2.74. The van der Waals surface area contributed by atoms with Crippen molar-refractivity contribution in [2.45, 2.75) is 114 Å². The van der Waals surface area contributed by atoms with Gasteiger partial charge in [-0.05, 0) is 26.5 Å². The molecule has 2 amide bonds. The van der Waals surface area contributed by atoms with Crippen molar-refractivity contribution in [1.82, 2.24) is 10.6 Å². The molecule has 0 aromatic heterocycles. The van der Waals surface area contributed by atoms with Crippen LogP contribution >= 0.6 is 69.6 Å². The van der Waals surface area contributed by atoms with E-state index in [2.05, 4.69) is 38.0 Å². The number of carbonyl (C=O) groups is 2. The third kappa shape index (κ3) is 14.2. The second-order valence-electron chi connectivity index (χ2n) is 19.5. The van der Waals surface area contributed by atoms with Crippen LogP contribution in [-0.4, -0.2) is 109 Å². The minimum Gasteiger partial charge on any atom is -0.381 e. The van der Waals surface area contributed by atoms with E-state index in [1.165, 1.54) is 0 Å². The maximum Gasteiger partial charge on any atom is 0.272 e. The maximum absolute atomic E-state index is 14.3. The lowest BCUT2D eigenvalue weighted by atomic mass is 9.93. The summed E-state index contributed by atoms with van der Waals surface area (Å²) < 4.78 is 57.1. The minimum atomic E-state index is -3.56. The first kappa shape index (κ1) is 58.5. The summed E-state index contributed by atoms with van der Waals surface area (Å²) in [6.07, 6.45) is -8.57. The first-order valence-corrected chi connectivity index (χ1v) is 28.9. The predicted molar refractivity (Wildman–Crippen MR) is 296 cm³/mol. The molecule has 3 heterocycles. The van der Waals surface area contributed by atoms with Gasteiger partial charge in [-0.25, -0.2) is 0 Å². The summed E-state index contributed by atoms with van der Waals surface area (Å²) in [6.45, 7) is 10.2. The molecule has 0 aliphatic carbocycles. The third-order valence-corrected chi connectivity index (χ3v) is 19.3. The van der Waals surface area contributed by atoms with Gasteiger partial charge < -0.3 is 53.0 Å². The largest absolute Gasteiger partial charge is 0.381 e. The van der Waals surface area contributed by atoms with Crippen LogP contribution < -0.4 is 21.0 Å². The van der Waals surface area contributed by atoms with Crippen LogP contribution in [0, 0.1) is 0 Å². The van der Waals surface area contributed by atoms with Crippen molar-refractivity contribution in [1.29, 1.82) is 0 Å². The van der Waals surface area contributed by atoms with E-state index in [-0.39, 0.29) is 33.0 Å². The van der Waals surface area contributed by atoms with E-state index in [0.717, 1.165) is 27.1 Å². The van der Waals surface area contributed by atoms with Crippen molar-refractivity contribution >= 4 is 100 Å². The number of hydrogen-bond donors (Lipinski definition) is 2. The zero-order chi connectivity index (χ0) is 54.1. The molecule has 76 heavy (non-hydrogen) atoms. The molecule has 5 aromatic rings. The van der Waals surface area contributed by atoms with Gasteiger partial charge in [-0.3, -0.25) is 9.59 Å². The zero-order valence-corrected chi connectivity index (χ0v) is 47.4. The SMILES string of the molecule is C=CCO[C@@H]1[C@@H](NC(=O)C(Cl)(Cl)Cl)[C@H](O[C@H]2[C@H](OCc3ccccc3)[C@@H](NC(=O)C(Cl)(Cl)Cl)[C@H](O[Si](c3ccccc3)(c3ccccc3)C(C)(C)C)O[C@@H]2COCc2ccccc2)O[C@@H]2CO[C@H](c3ccccc3)O[C@H]12. The van der Waals surface area contributed by atoms with Gasteiger partial charge >= 0.3 is 0 Å². The fraction of sp³-hybridized carbons (Fsp3) is 0.393. The van der Waals surface area contributed by atoms with Crippen molar-refractivity contribution in [3.63, 3.8) is 0 Å². The second kappa shape index (κ2) is 26.1. The highest BCUT2D eigenvalue weighted by Gasteiger charge is 2.60. The zero-order valence-electron chi connectivity index (χ0n) is 41.9.